The van der Waals surface area contributed by atoms with Crippen LogP contribution in [0.25, 0.3) is 22.2 Å². The van der Waals surface area contributed by atoms with Gasteiger partial charge in [0.1, 0.15) is 17.1 Å². The lowest BCUT2D eigenvalue weighted by atomic mass is 9.94. The molecule has 4 aromatic rings. The smallest absolute Gasteiger partial charge is 0.417 e. The molecule has 2 amide bonds. The van der Waals surface area contributed by atoms with E-state index in [1.165, 1.54) is 4.90 Å². The van der Waals surface area contributed by atoms with E-state index < -0.39 is 17.6 Å². The molecule has 3 aliphatic heterocycles. The molecular weight excluding hydrogens is 558 g/mol. The van der Waals surface area contributed by atoms with Gasteiger partial charge in [0.05, 0.1) is 48.4 Å². The molecule has 7 rings (SSSR count). The predicted octanol–water partition coefficient (Wildman–Crippen LogP) is 4.92. The molecule has 3 aromatic heterocycles. The van der Waals surface area contributed by atoms with Crippen LogP contribution in [0.2, 0.25) is 0 Å². The molecule has 1 aromatic carbocycles. The van der Waals surface area contributed by atoms with Crippen molar-refractivity contribution in [2.24, 2.45) is 7.05 Å². The van der Waals surface area contributed by atoms with Crippen molar-refractivity contribution in [3.8, 4) is 11.1 Å². The number of ether oxygens (including phenoxy) is 2. The Kier molecular flexibility index (Phi) is 6.82. The van der Waals surface area contributed by atoms with Gasteiger partial charge >= 0.3 is 6.09 Å². The van der Waals surface area contributed by atoms with Gasteiger partial charge in [0, 0.05) is 44.5 Å². The lowest BCUT2D eigenvalue weighted by molar-refractivity contribution is 0.0248. The first-order valence-electron chi connectivity index (χ1n) is 15.0. The number of fused-ring (bicyclic) bond motifs is 5. The summed E-state index contributed by atoms with van der Waals surface area (Å²) in [4.78, 5) is 42.6. The number of hydrogen-bond acceptors (Lipinski definition) is 9. The monoisotopic (exact) mass is 595 g/mol. The van der Waals surface area contributed by atoms with E-state index in [1.54, 1.807) is 27.0 Å². The maximum Gasteiger partial charge on any atom is 0.417 e. The minimum atomic E-state index is -0.740. The van der Waals surface area contributed by atoms with E-state index in [1.807, 2.05) is 48.1 Å². The average Bonchev–Trinajstić information content (AvgIpc) is 3.49. The van der Waals surface area contributed by atoms with Crippen molar-refractivity contribution in [1.82, 2.24) is 24.3 Å². The van der Waals surface area contributed by atoms with Gasteiger partial charge in [-0.05, 0) is 74.8 Å². The van der Waals surface area contributed by atoms with E-state index in [2.05, 4.69) is 33.2 Å². The fourth-order valence-corrected chi connectivity index (χ4v) is 6.52. The molecular formula is C33H37N7O4. The number of imide groups is 1. The molecule has 11 heteroatoms. The molecule has 0 spiro atoms. The first kappa shape index (κ1) is 28.3. The van der Waals surface area contributed by atoms with Crippen molar-refractivity contribution in [3.05, 3.63) is 65.6 Å². The molecule has 1 fully saturated rings. The number of rotatable bonds is 3. The number of benzene rings is 1. The highest BCUT2D eigenvalue weighted by Gasteiger charge is 2.39. The van der Waals surface area contributed by atoms with Gasteiger partial charge in [0.2, 0.25) is 0 Å². The largest absolute Gasteiger partial charge is 0.443 e. The van der Waals surface area contributed by atoms with Crippen LogP contribution in [-0.4, -0.2) is 81.3 Å². The summed E-state index contributed by atoms with van der Waals surface area (Å²) in [6.07, 6.45) is 3.08. The maximum absolute atomic E-state index is 14.0. The van der Waals surface area contributed by atoms with E-state index in [-0.39, 0.29) is 12.6 Å². The SMILES string of the molecule is CN1Cc2nc(Nc3ccc(-c4ccnc5c4ccn5C)c4c3C(=O)N(C(=O)OC(C)(C)C)C4)ccc2N2CCOCC2C1. The molecule has 0 radical (unpaired) electrons. The van der Waals surface area contributed by atoms with Crippen LogP contribution in [0.15, 0.2) is 48.8 Å². The standard InChI is InChI=1S/C33H37N7O4/c1-33(2,3)44-32(42)40-17-24-21(22-10-12-34-30-23(22)11-13-38(30)5)6-7-25(29(24)31(40)41)35-28-9-8-27-26(36-28)18-37(4)16-20-19-43-15-14-39(20)27/h6-13,20H,14-19H2,1-5H3,(H,35,36). The number of morpholine rings is 1. The van der Waals surface area contributed by atoms with Crippen molar-refractivity contribution < 1.29 is 19.1 Å². The van der Waals surface area contributed by atoms with Crippen LogP contribution >= 0.6 is 0 Å². The number of carbonyl (C=O) groups is 2. The Labute approximate surface area is 256 Å². The Balaban J connectivity index is 1.30. The lowest BCUT2D eigenvalue weighted by Crippen LogP contribution is -2.49. The van der Waals surface area contributed by atoms with Crippen LogP contribution < -0.4 is 10.2 Å². The van der Waals surface area contributed by atoms with Gasteiger partial charge in [-0.25, -0.2) is 19.7 Å². The third-order valence-corrected chi connectivity index (χ3v) is 8.45. The highest BCUT2D eigenvalue weighted by Crippen LogP contribution is 2.41. The Morgan fingerprint density at radius 2 is 1.91 bits per heavy atom. The van der Waals surface area contributed by atoms with Gasteiger partial charge in [0.25, 0.3) is 5.91 Å². The zero-order valence-corrected chi connectivity index (χ0v) is 25.8. The average molecular weight is 596 g/mol. The first-order chi connectivity index (χ1) is 21.1. The molecule has 0 aliphatic carbocycles. The Hall–Kier alpha value is -4.48. The van der Waals surface area contributed by atoms with Crippen LogP contribution in [-0.2, 0) is 29.6 Å². The molecule has 1 saturated heterocycles. The van der Waals surface area contributed by atoms with Gasteiger partial charge in [-0.2, -0.15) is 0 Å². The second kappa shape index (κ2) is 10.6. The van der Waals surface area contributed by atoms with Crippen LogP contribution in [0.3, 0.4) is 0 Å². The summed E-state index contributed by atoms with van der Waals surface area (Å²) in [5, 5.41) is 4.40. The number of carbonyl (C=O) groups excluding carboxylic acids is 2. The summed E-state index contributed by atoms with van der Waals surface area (Å²) in [7, 11) is 4.05. The third kappa shape index (κ3) is 4.95. The van der Waals surface area contributed by atoms with Crippen LogP contribution in [0.5, 0.6) is 0 Å². The van der Waals surface area contributed by atoms with Gasteiger partial charge < -0.3 is 24.3 Å². The van der Waals surface area contributed by atoms with Gasteiger partial charge in [-0.3, -0.25) is 9.69 Å². The second-order valence-electron chi connectivity index (χ2n) is 12.8. The van der Waals surface area contributed by atoms with Gasteiger partial charge in [0.15, 0.2) is 0 Å². The number of hydrogen-bond donors (Lipinski definition) is 1. The topological polar surface area (TPSA) is 105 Å². The number of pyridine rings is 2. The summed E-state index contributed by atoms with van der Waals surface area (Å²) in [6, 6.07) is 12.2. The molecule has 3 aliphatic rings. The number of amides is 2. The fourth-order valence-electron chi connectivity index (χ4n) is 6.52. The quantitative estimate of drug-likeness (QED) is 0.353. The van der Waals surface area contributed by atoms with Crippen LogP contribution in [0.1, 0.15) is 42.4 Å². The summed E-state index contributed by atoms with van der Waals surface area (Å²) in [5.41, 5.74) is 5.80. The molecule has 0 bridgehead atoms. The molecule has 0 saturated carbocycles. The first-order valence-corrected chi connectivity index (χ1v) is 15.0. The number of likely N-dealkylation sites (N-methyl/N-ethyl adjacent to an activating group) is 1. The fraction of sp³-hybridized carbons (Fsp3) is 0.394. The van der Waals surface area contributed by atoms with Crippen LogP contribution in [0, 0.1) is 0 Å². The Morgan fingerprint density at radius 1 is 1.07 bits per heavy atom. The summed E-state index contributed by atoms with van der Waals surface area (Å²) in [5.74, 6) is 0.235. The molecule has 1 unspecified atom stereocenters. The Bertz CT molecular complexity index is 1790. The van der Waals surface area contributed by atoms with Crippen molar-refractivity contribution in [2.45, 2.75) is 45.5 Å². The summed E-state index contributed by atoms with van der Waals surface area (Å²) < 4.78 is 13.4. The van der Waals surface area contributed by atoms with E-state index in [0.717, 1.165) is 52.2 Å². The number of aromatic nitrogens is 3. The van der Waals surface area contributed by atoms with Gasteiger partial charge in [-0.15, -0.1) is 0 Å². The molecule has 44 heavy (non-hydrogen) atoms. The van der Waals surface area contributed by atoms with Crippen molar-refractivity contribution in [2.75, 3.05) is 43.6 Å². The van der Waals surface area contributed by atoms with E-state index >= 15 is 0 Å². The van der Waals surface area contributed by atoms with E-state index in [9.17, 15) is 9.59 Å². The molecule has 11 nitrogen and oxygen atoms in total. The maximum atomic E-state index is 14.0. The van der Waals surface area contributed by atoms with Crippen molar-refractivity contribution in [1.29, 1.82) is 0 Å². The highest BCUT2D eigenvalue weighted by molar-refractivity contribution is 6.12. The number of nitrogens with zero attached hydrogens (tertiary/aromatic N) is 6. The summed E-state index contributed by atoms with van der Waals surface area (Å²) >= 11 is 0. The number of anilines is 3. The van der Waals surface area contributed by atoms with Crippen molar-refractivity contribution in [3.63, 3.8) is 0 Å². The van der Waals surface area contributed by atoms with Crippen molar-refractivity contribution >= 4 is 40.2 Å². The summed E-state index contributed by atoms with van der Waals surface area (Å²) in [6.45, 7) is 9.30. The minimum Gasteiger partial charge on any atom is -0.443 e. The van der Waals surface area contributed by atoms with E-state index in [4.69, 9.17) is 14.5 Å². The lowest BCUT2D eigenvalue weighted by Gasteiger charge is -2.37. The van der Waals surface area contributed by atoms with Crippen LogP contribution in [0.4, 0.5) is 22.0 Å². The predicted molar refractivity (Wildman–Crippen MR) is 168 cm³/mol. The molecule has 1 N–H and O–H groups in total. The number of nitrogens with one attached hydrogen (secondary N) is 1. The zero-order chi connectivity index (χ0) is 30.7. The minimum absolute atomic E-state index is 0.103. The molecule has 228 valence electrons. The van der Waals surface area contributed by atoms with E-state index in [0.29, 0.717) is 36.8 Å². The highest BCUT2D eigenvalue weighted by atomic mass is 16.6. The molecule has 1 atom stereocenters. The number of aryl methyl sites for hydroxylation is 1. The Morgan fingerprint density at radius 3 is 2.73 bits per heavy atom. The van der Waals surface area contributed by atoms with Gasteiger partial charge in [-0.1, -0.05) is 6.07 Å². The second-order valence-corrected chi connectivity index (χ2v) is 12.8. The molecule has 6 heterocycles. The normalized spacial score (nSPS) is 18.6. The zero-order valence-electron chi connectivity index (χ0n) is 25.8. The third-order valence-electron chi connectivity index (χ3n) is 8.45.